The maximum absolute atomic E-state index is 6.27. The highest BCUT2D eigenvalue weighted by Gasteiger charge is 2.17. The average Bonchev–Trinajstić information content (AvgIpc) is 2.41. The second kappa shape index (κ2) is 6.12. The molecule has 1 heterocycles. The highest BCUT2D eigenvalue weighted by Crippen LogP contribution is 2.29. The SMILES string of the molecule is CC(C)C(CNc1ccc2cnccc2c1N)C(C)C. The molecule has 0 atom stereocenters. The minimum absolute atomic E-state index is 0.641. The Morgan fingerprint density at radius 3 is 2.45 bits per heavy atom. The third kappa shape index (κ3) is 3.03. The van der Waals surface area contributed by atoms with Crippen molar-refractivity contribution in [1.29, 1.82) is 0 Å². The van der Waals surface area contributed by atoms with E-state index in [0.717, 1.165) is 28.7 Å². The van der Waals surface area contributed by atoms with Crippen LogP contribution in [0.25, 0.3) is 10.8 Å². The number of benzene rings is 1. The molecule has 0 aliphatic carbocycles. The summed E-state index contributed by atoms with van der Waals surface area (Å²) in [5.41, 5.74) is 8.11. The summed E-state index contributed by atoms with van der Waals surface area (Å²) in [7, 11) is 0. The number of aromatic nitrogens is 1. The van der Waals surface area contributed by atoms with Crippen LogP contribution in [0.3, 0.4) is 0 Å². The molecule has 0 unspecified atom stereocenters. The van der Waals surface area contributed by atoms with Crippen molar-refractivity contribution < 1.29 is 0 Å². The Kier molecular flexibility index (Phi) is 4.48. The van der Waals surface area contributed by atoms with Gasteiger partial charge in [-0.1, -0.05) is 33.8 Å². The van der Waals surface area contributed by atoms with E-state index in [1.807, 2.05) is 12.3 Å². The maximum atomic E-state index is 6.27. The van der Waals surface area contributed by atoms with E-state index in [2.05, 4.69) is 50.1 Å². The molecule has 0 aliphatic heterocycles. The average molecular weight is 271 g/mol. The Balaban J connectivity index is 2.20. The van der Waals surface area contributed by atoms with Gasteiger partial charge in [0.25, 0.3) is 0 Å². The molecule has 3 N–H and O–H groups in total. The van der Waals surface area contributed by atoms with Crippen LogP contribution in [0.5, 0.6) is 0 Å². The van der Waals surface area contributed by atoms with E-state index in [-0.39, 0.29) is 0 Å². The molecule has 1 aromatic carbocycles. The van der Waals surface area contributed by atoms with Crippen molar-refractivity contribution in [3.05, 3.63) is 30.6 Å². The number of nitrogens with two attached hydrogens (primary N) is 1. The number of pyridine rings is 1. The molecule has 2 aromatic rings. The van der Waals surface area contributed by atoms with Gasteiger partial charge in [0.05, 0.1) is 11.4 Å². The standard InChI is InChI=1S/C17H25N3/c1-11(2)15(12(3)4)10-20-16-6-5-13-9-19-8-7-14(13)17(16)18/h5-9,11-12,15,20H,10,18H2,1-4H3. The topological polar surface area (TPSA) is 50.9 Å². The first-order chi connectivity index (χ1) is 9.50. The normalized spacial score (nSPS) is 11.8. The molecule has 0 saturated carbocycles. The summed E-state index contributed by atoms with van der Waals surface area (Å²) < 4.78 is 0. The largest absolute Gasteiger partial charge is 0.397 e. The van der Waals surface area contributed by atoms with Crippen molar-refractivity contribution in [3.8, 4) is 0 Å². The Bertz CT molecular complexity index is 567. The molecule has 0 saturated heterocycles. The molecular formula is C17H25N3. The highest BCUT2D eigenvalue weighted by atomic mass is 14.9. The smallest absolute Gasteiger partial charge is 0.0630 e. The van der Waals surface area contributed by atoms with Gasteiger partial charge in [-0.3, -0.25) is 4.98 Å². The van der Waals surface area contributed by atoms with Crippen LogP contribution in [0.1, 0.15) is 27.7 Å². The van der Waals surface area contributed by atoms with Gasteiger partial charge in [-0.25, -0.2) is 0 Å². The summed E-state index contributed by atoms with van der Waals surface area (Å²) in [6, 6.07) is 6.09. The number of hydrogen-bond acceptors (Lipinski definition) is 3. The summed E-state index contributed by atoms with van der Waals surface area (Å²) in [6.45, 7) is 10.1. The minimum atomic E-state index is 0.641. The van der Waals surface area contributed by atoms with Crippen molar-refractivity contribution in [2.24, 2.45) is 17.8 Å². The van der Waals surface area contributed by atoms with Gasteiger partial charge in [0.1, 0.15) is 0 Å². The zero-order chi connectivity index (χ0) is 14.7. The second-order valence-corrected chi connectivity index (χ2v) is 6.16. The summed E-state index contributed by atoms with van der Waals surface area (Å²) in [6.07, 6.45) is 3.63. The lowest BCUT2D eigenvalue weighted by Gasteiger charge is -2.26. The van der Waals surface area contributed by atoms with Gasteiger partial charge in [0.15, 0.2) is 0 Å². The van der Waals surface area contributed by atoms with Crippen LogP contribution in [0.15, 0.2) is 30.6 Å². The lowest BCUT2D eigenvalue weighted by atomic mass is 9.85. The molecule has 20 heavy (non-hydrogen) atoms. The molecule has 0 radical (unpaired) electrons. The third-order valence-electron chi connectivity index (χ3n) is 4.10. The lowest BCUT2D eigenvalue weighted by Crippen LogP contribution is -2.24. The van der Waals surface area contributed by atoms with Gasteiger partial charge in [0.2, 0.25) is 0 Å². The van der Waals surface area contributed by atoms with E-state index in [1.54, 1.807) is 6.20 Å². The van der Waals surface area contributed by atoms with E-state index in [4.69, 9.17) is 5.73 Å². The predicted molar refractivity (Wildman–Crippen MR) is 87.8 cm³/mol. The van der Waals surface area contributed by atoms with Crippen LogP contribution < -0.4 is 11.1 Å². The van der Waals surface area contributed by atoms with Crippen LogP contribution in [-0.2, 0) is 0 Å². The van der Waals surface area contributed by atoms with Crippen molar-refractivity contribution in [2.45, 2.75) is 27.7 Å². The van der Waals surface area contributed by atoms with Gasteiger partial charge in [-0.2, -0.15) is 0 Å². The summed E-state index contributed by atoms with van der Waals surface area (Å²) in [5.74, 6) is 1.96. The second-order valence-electron chi connectivity index (χ2n) is 6.16. The molecule has 2 rings (SSSR count). The maximum Gasteiger partial charge on any atom is 0.0630 e. The number of anilines is 2. The molecular weight excluding hydrogens is 246 g/mol. The number of hydrogen-bond donors (Lipinski definition) is 2. The number of fused-ring (bicyclic) bond motifs is 1. The molecule has 3 heteroatoms. The first-order valence-electron chi connectivity index (χ1n) is 7.36. The van der Waals surface area contributed by atoms with Crippen LogP contribution in [-0.4, -0.2) is 11.5 Å². The Morgan fingerprint density at radius 1 is 1.10 bits per heavy atom. The number of nitrogens with zero attached hydrogens (tertiary/aromatic N) is 1. The third-order valence-corrected chi connectivity index (χ3v) is 4.10. The van der Waals surface area contributed by atoms with E-state index in [0.29, 0.717) is 17.8 Å². The van der Waals surface area contributed by atoms with E-state index in [9.17, 15) is 0 Å². The van der Waals surface area contributed by atoms with Crippen LogP contribution >= 0.6 is 0 Å². The summed E-state index contributed by atoms with van der Waals surface area (Å²) in [5, 5.41) is 5.67. The Morgan fingerprint density at radius 2 is 1.80 bits per heavy atom. The zero-order valence-electron chi connectivity index (χ0n) is 12.9. The fourth-order valence-corrected chi connectivity index (χ4v) is 2.82. The molecule has 0 amide bonds. The van der Waals surface area contributed by atoms with Gasteiger partial charge in [-0.15, -0.1) is 0 Å². The molecule has 0 fully saturated rings. The van der Waals surface area contributed by atoms with Gasteiger partial charge >= 0.3 is 0 Å². The molecule has 0 aliphatic rings. The molecule has 1 aromatic heterocycles. The Hall–Kier alpha value is -1.77. The number of nitrogens with one attached hydrogen (secondary N) is 1. The molecule has 108 valence electrons. The molecule has 3 nitrogen and oxygen atoms in total. The fraction of sp³-hybridized carbons (Fsp3) is 0.471. The van der Waals surface area contributed by atoms with Crippen molar-refractivity contribution in [3.63, 3.8) is 0 Å². The van der Waals surface area contributed by atoms with E-state index in [1.165, 1.54) is 0 Å². The van der Waals surface area contributed by atoms with Crippen molar-refractivity contribution in [1.82, 2.24) is 4.98 Å². The first kappa shape index (κ1) is 14.6. The van der Waals surface area contributed by atoms with Crippen molar-refractivity contribution in [2.75, 3.05) is 17.6 Å². The van der Waals surface area contributed by atoms with E-state index >= 15 is 0 Å². The first-order valence-corrected chi connectivity index (χ1v) is 7.36. The molecule has 0 spiro atoms. The quantitative estimate of drug-likeness (QED) is 0.803. The fourth-order valence-electron chi connectivity index (χ4n) is 2.82. The molecule has 0 bridgehead atoms. The van der Waals surface area contributed by atoms with Crippen LogP contribution in [0.4, 0.5) is 11.4 Å². The monoisotopic (exact) mass is 271 g/mol. The van der Waals surface area contributed by atoms with Crippen LogP contribution in [0.2, 0.25) is 0 Å². The van der Waals surface area contributed by atoms with Gasteiger partial charge in [-0.05, 0) is 29.9 Å². The minimum Gasteiger partial charge on any atom is -0.397 e. The number of nitrogen functional groups attached to an aromatic ring is 1. The highest BCUT2D eigenvalue weighted by molar-refractivity contribution is 5.98. The number of rotatable bonds is 5. The zero-order valence-corrected chi connectivity index (χ0v) is 12.9. The van der Waals surface area contributed by atoms with Crippen LogP contribution in [0, 0.1) is 17.8 Å². The van der Waals surface area contributed by atoms with Crippen molar-refractivity contribution >= 4 is 22.1 Å². The summed E-state index contributed by atoms with van der Waals surface area (Å²) >= 11 is 0. The van der Waals surface area contributed by atoms with E-state index < -0.39 is 0 Å². The lowest BCUT2D eigenvalue weighted by molar-refractivity contribution is 0.304. The predicted octanol–water partition coefficient (Wildman–Crippen LogP) is 4.16. The summed E-state index contributed by atoms with van der Waals surface area (Å²) in [4.78, 5) is 4.13. The van der Waals surface area contributed by atoms with Gasteiger partial charge in [0, 0.05) is 29.7 Å². The Labute approximate surface area is 121 Å². The van der Waals surface area contributed by atoms with Gasteiger partial charge < -0.3 is 11.1 Å².